The van der Waals surface area contributed by atoms with Crippen molar-refractivity contribution in [3.05, 3.63) is 40.8 Å². The highest BCUT2D eigenvalue weighted by atomic mass is 32.2. The predicted octanol–water partition coefficient (Wildman–Crippen LogP) is 3.26. The summed E-state index contributed by atoms with van der Waals surface area (Å²) in [6, 6.07) is 5.68. The third-order valence-electron chi connectivity index (χ3n) is 4.18. The van der Waals surface area contributed by atoms with Crippen molar-refractivity contribution < 1.29 is 30.0 Å². The van der Waals surface area contributed by atoms with Crippen molar-refractivity contribution in [3.8, 4) is 6.07 Å². The van der Waals surface area contributed by atoms with Crippen LogP contribution in [0.25, 0.3) is 0 Å². The van der Waals surface area contributed by atoms with Crippen molar-refractivity contribution in [2.45, 2.75) is 33.0 Å². The summed E-state index contributed by atoms with van der Waals surface area (Å²) in [7, 11) is -8.70. The second kappa shape index (κ2) is 7.14. The van der Waals surface area contributed by atoms with Crippen LogP contribution < -0.4 is 0 Å². The van der Waals surface area contributed by atoms with Gasteiger partial charge in [0.1, 0.15) is 15.2 Å². The molecule has 0 spiro atoms. The summed E-state index contributed by atoms with van der Waals surface area (Å²) in [5.74, 6) is 0. The summed E-state index contributed by atoms with van der Waals surface area (Å²) in [5.41, 5.74) is -1.37. The van der Waals surface area contributed by atoms with E-state index in [9.17, 15) is 30.0 Å². The van der Waals surface area contributed by atoms with E-state index < -0.39 is 41.4 Å². The van der Waals surface area contributed by atoms with Crippen LogP contribution in [0.1, 0.15) is 23.3 Å². The molecule has 1 aromatic heterocycles. The molecular weight excluding hydrogens is 437 g/mol. The number of benzene rings is 1. The van der Waals surface area contributed by atoms with Gasteiger partial charge >= 0.3 is 6.18 Å². The van der Waals surface area contributed by atoms with Crippen LogP contribution in [0.5, 0.6) is 0 Å². The number of hydrogen-bond donors (Lipinski definition) is 0. The molecule has 0 bridgehead atoms. The minimum Gasteiger partial charge on any atom is -0.218 e. The van der Waals surface area contributed by atoms with Gasteiger partial charge in [0.15, 0.2) is 0 Å². The molecule has 0 saturated carbocycles. The monoisotopic (exact) mass is 450 g/mol. The zero-order valence-electron chi connectivity index (χ0n) is 14.1. The summed E-state index contributed by atoms with van der Waals surface area (Å²) in [4.78, 5) is -1.44. The lowest BCUT2D eigenvalue weighted by Gasteiger charge is -2.18. The van der Waals surface area contributed by atoms with E-state index in [0.717, 1.165) is 16.4 Å². The molecule has 0 atom stereocenters. The molecule has 28 heavy (non-hydrogen) atoms. The van der Waals surface area contributed by atoms with Crippen LogP contribution in [0.4, 0.5) is 13.2 Å². The Kier molecular flexibility index (Phi) is 5.30. The molecule has 0 amide bonds. The van der Waals surface area contributed by atoms with Crippen molar-refractivity contribution in [1.29, 1.82) is 5.26 Å². The first-order valence-electron chi connectivity index (χ1n) is 7.94. The molecule has 0 N–H and O–H groups in total. The quantitative estimate of drug-likeness (QED) is 0.713. The summed E-state index contributed by atoms with van der Waals surface area (Å²) >= 11 is 0.596. The van der Waals surface area contributed by atoms with Gasteiger partial charge in [-0.05, 0) is 43.2 Å². The molecule has 6 nitrogen and oxygen atoms in total. The molecule has 1 aromatic carbocycles. The maximum absolute atomic E-state index is 13.3. The highest BCUT2D eigenvalue weighted by molar-refractivity contribution is 7.93. The highest BCUT2D eigenvalue weighted by Crippen LogP contribution is 2.36. The lowest BCUT2D eigenvalue weighted by Crippen LogP contribution is -2.28. The third kappa shape index (κ3) is 3.80. The van der Waals surface area contributed by atoms with Crippen LogP contribution in [-0.2, 0) is 26.0 Å². The van der Waals surface area contributed by atoms with E-state index in [0.29, 0.717) is 36.3 Å². The maximum atomic E-state index is 13.3. The molecule has 1 aliphatic rings. The summed E-state index contributed by atoms with van der Waals surface area (Å²) in [6.45, 7) is 0.328. The van der Waals surface area contributed by atoms with E-state index in [1.165, 1.54) is 6.07 Å². The van der Waals surface area contributed by atoms with Gasteiger partial charge in [-0.1, -0.05) is 0 Å². The van der Waals surface area contributed by atoms with Gasteiger partial charge in [-0.25, -0.2) is 16.8 Å². The van der Waals surface area contributed by atoms with Crippen LogP contribution in [0.2, 0.25) is 0 Å². The average Bonchev–Trinajstić information content (AvgIpc) is 3.32. The van der Waals surface area contributed by atoms with E-state index in [-0.39, 0.29) is 22.2 Å². The minimum atomic E-state index is -4.94. The maximum Gasteiger partial charge on any atom is 0.416 e. The van der Waals surface area contributed by atoms with Gasteiger partial charge in [0, 0.05) is 13.1 Å². The predicted molar refractivity (Wildman–Crippen MR) is 93.9 cm³/mol. The number of sulfone groups is 1. The fraction of sp³-hybridized carbons (Fsp3) is 0.312. The topological polar surface area (TPSA) is 95.3 Å². The van der Waals surface area contributed by atoms with Gasteiger partial charge in [0.05, 0.1) is 15.4 Å². The Hall–Kier alpha value is -1.94. The second-order valence-electron chi connectivity index (χ2n) is 6.04. The van der Waals surface area contributed by atoms with E-state index >= 15 is 0 Å². The van der Waals surface area contributed by atoms with Crippen molar-refractivity contribution in [1.82, 2.24) is 4.31 Å². The molecule has 2 aromatic rings. The number of nitriles is 1. The van der Waals surface area contributed by atoms with Crippen molar-refractivity contribution in [3.63, 3.8) is 0 Å². The Labute approximate surface area is 163 Å². The number of sulfonamides is 1. The zero-order chi connectivity index (χ0) is 20.7. The summed E-state index contributed by atoms with van der Waals surface area (Å²) in [5, 5.41) is 8.84. The number of thiophene rings is 1. The van der Waals surface area contributed by atoms with Crippen LogP contribution in [0.15, 0.2) is 44.3 Å². The standard InChI is InChI=1S/C16H13F3N2O4S3/c17-16(18,19)11-7-13(27(22,23)15-4-3-12(10-20)26-15)9-14(8-11)28(24,25)21-5-1-2-6-21/h3-4,7-9H,1-2,5-6H2. The Morgan fingerprint density at radius 1 is 1.00 bits per heavy atom. The largest absolute Gasteiger partial charge is 0.416 e. The number of hydrogen-bond acceptors (Lipinski definition) is 6. The van der Waals surface area contributed by atoms with Crippen LogP contribution in [0.3, 0.4) is 0 Å². The van der Waals surface area contributed by atoms with Gasteiger partial charge in [-0.15, -0.1) is 11.3 Å². The normalized spacial score (nSPS) is 16.2. The molecule has 1 fully saturated rings. The lowest BCUT2D eigenvalue weighted by atomic mass is 10.2. The smallest absolute Gasteiger partial charge is 0.218 e. The van der Waals surface area contributed by atoms with Crippen molar-refractivity contribution in [2.24, 2.45) is 0 Å². The molecule has 0 radical (unpaired) electrons. The van der Waals surface area contributed by atoms with Gasteiger partial charge < -0.3 is 0 Å². The Morgan fingerprint density at radius 2 is 1.61 bits per heavy atom. The molecule has 3 rings (SSSR count). The number of halogens is 3. The van der Waals surface area contributed by atoms with Gasteiger partial charge in [0.2, 0.25) is 19.9 Å². The van der Waals surface area contributed by atoms with E-state index in [2.05, 4.69) is 0 Å². The highest BCUT2D eigenvalue weighted by Gasteiger charge is 2.36. The number of rotatable bonds is 4. The third-order valence-corrected chi connectivity index (χ3v) is 9.27. The molecule has 1 saturated heterocycles. The Bertz CT molecular complexity index is 1160. The number of nitrogens with zero attached hydrogens (tertiary/aromatic N) is 2. The first kappa shape index (κ1) is 20.8. The second-order valence-corrected chi connectivity index (χ2v) is 11.2. The molecule has 12 heteroatoms. The fourth-order valence-electron chi connectivity index (χ4n) is 2.76. The SMILES string of the molecule is N#Cc1ccc(S(=O)(=O)c2cc(C(F)(F)F)cc(S(=O)(=O)N3CCCC3)c2)s1. The van der Waals surface area contributed by atoms with Crippen molar-refractivity contribution >= 4 is 31.2 Å². The van der Waals surface area contributed by atoms with E-state index in [4.69, 9.17) is 5.26 Å². The molecule has 0 aliphatic carbocycles. The molecule has 2 heterocycles. The first-order valence-corrected chi connectivity index (χ1v) is 11.7. The molecule has 0 unspecified atom stereocenters. The average molecular weight is 450 g/mol. The zero-order valence-corrected chi connectivity index (χ0v) is 16.6. The lowest BCUT2D eigenvalue weighted by molar-refractivity contribution is -0.137. The van der Waals surface area contributed by atoms with E-state index in [1.807, 2.05) is 0 Å². The summed E-state index contributed by atoms with van der Waals surface area (Å²) in [6.07, 6.45) is -3.78. The van der Waals surface area contributed by atoms with Gasteiger partial charge in [-0.3, -0.25) is 0 Å². The first-order chi connectivity index (χ1) is 13.0. The minimum absolute atomic E-state index is 0.0652. The Balaban J connectivity index is 2.20. The van der Waals surface area contributed by atoms with Crippen LogP contribution in [-0.4, -0.2) is 34.2 Å². The van der Waals surface area contributed by atoms with Crippen molar-refractivity contribution in [2.75, 3.05) is 13.1 Å². The molecule has 150 valence electrons. The molecule has 1 aliphatic heterocycles. The van der Waals surface area contributed by atoms with Gasteiger partial charge in [0.25, 0.3) is 0 Å². The fourth-order valence-corrected chi connectivity index (χ4v) is 7.00. The van der Waals surface area contributed by atoms with Crippen LogP contribution in [0, 0.1) is 11.3 Å². The molecular formula is C16H13F3N2O4S3. The summed E-state index contributed by atoms with van der Waals surface area (Å²) < 4.78 is 91.6. The Morgan fingerprint density at radius 3 is 2.14 bits per heavy atom. The van der Waals surface area contributed by atoms with E-state index in [1.54, 1.807) is 6.07 Å². The number of alkyl halides is 3. The van der Waals surface area contributed by atoms with Gasteiger partial charge in [-0.2, -0.15) is 22.7 Å². The van der Waals surface area contributed by atoms with Crippen LogP contribution >= 0.6 is 11.3 Å².